The molecule has 0 saturated carbocycles. The molecule has 0 radical (unpaired) electrons. The van der Waals surface area contributed by atoms with E-state index in [1.54, 1.807) is 43.5 Å². The molecule has 1 fully saturated rings. The zero-order valence-electron chi connectivity index (χ0n) is 14.4. The fourth-order valence-corrected chi connectivity index (χ4v) is 3.48. The summed E-state index contributed by atoms with van der Waals surface area (Å²) in [6.45, 7) is -0.230. The molecule has 0 bridgehead atoms. The zero-order valence-corrected chi connectivity index (χ0v) is 16.0. The number of rotatable bonds is 6. The Balaban J connectivity index is 1.65. The first kappa shape index (κ1) is 18.9. The number of benzene rings is 2. The van der Waals surface area contributed by atoms with Gasteiger partial charge in [0.2, 0.25) is 0 Å². The Bertz CT molecular complexity index is 900. The van der Waals surface area contributed by atoms with Crippen molar-refractivity contribution in [2.45, 2.75) is 0 Å². The molecule has 0 unspecified atom stereocenters. The fourth-order valence-electron chi connectivity index (χ4n) is 2.31. The van der Waals surface area contributed by atoms with Crippen molar-refractivity contribution in [3.63, 3.8) is 0 Å². The molecule has 1 aliphatic heterocycles. The summed E-state index contributed by atoms with van der Waals surface area (Å²) in [4.78, 5) is 25.1. The number of thioether (sulfide) groups is 1. The lowest BCUT2D eigenvalue weighted by Crippen LogP contribution is -2.46. The Morgan fingerprint density at radius 3 is 2.63 bits per heavy atom. The Labute approximate surface area is 166 Å². The molecule has 1 aliphatic rings. The summed E-state index contributed by atoms with van der Waals surface area (Å²) >= 11 is 6.32. The van der Waals surface area contributed by atoms with Crippen LogP contribution in [0.2, 0.25) is 0 Å². The van der Waals surface area contributed by atoms with Gasteiger partial charge in [-0.1, -0.05) is 48.2 Å². The van der Waals surface area contributed by atoms with Gasteiger partial charge in [-0.15, -0.1) is 0 Å². The van der Waals surface area contributed by atoms with Gasteiger partial charge in [-0.05, 0) is 36.5 Å². The highest BCUT2D eigenvalue weighted by atomic mass is 32.2. The molecule has 2 aromatic rings. The molecule has 0 atom stereocenters. The van der Waals surface area contributed by atoms with Gasteiger partial charge in [-0.2, -0.15) is 5.01 Å². The molecular formula is C19H16N2O4S2. The molecule has 0 spiro atoms. The van der Waals surface area contributed by atoms with Gasteiger partial charge in [0, 0.05) is 5.56 Å². The molecule has 138 valence electrons. The highest BCUT2D eigenvalue weighted by Gasteiger charge is 2.33. The minimum atomic E-state index is -0.478. The molecule has 1 heterocycles. The maximum atomic E-state index is 12.6. The van der Waals surface area contributed by atoms with E-state index in [2.05, 4.69) is 5.43 Å². The average molecular weight is 400 g/mol. The summed E-state index contributed by atoms with van der Waals surface area (Å²) < 4.78 is 10.9. The van der Waals surface area contributed by atoms with Crippen molar-refractivity contribution in [2.24, 2.45) is 0 Å². The Hall–Kier alpha value is -2.84. The second-order valence-electron chi connectivity index (χ2n) is 5.40. The van der Waals surface area contributed by atoms with Crippen molar-refractivity contribution in [1.29, 1.82) is 0 Å². The average Bonchev–Trinajstić information content (AvgIpc) is 2.95. The third-order valence-corrected chi connectivity index (χ3v) is 4.87. The number of ether oxygens (including phenoxy) is 2. The first-order valence-corrected chi connectivity index (χ1v) is 9.19. The van der Waals surface area contributed by atoms with Crippen LogP contribution in [-0.4, -0.2) is 34.9 Å². The van der Waals surface area contributed by atoms with Gasteiger partial charge in [0.25, 0.3) is 11.8 Å². The molecule has 2 amide bonds. The molecule has 8 heteroatoms. The van der Waals surface area contributed by atoms with Crippen molar-refractivity contribution in [2.75, 3.05) is 13.7 Å². The monoisotopic (exact) mass is 400 g/mol. The summed E-state index contributed by atoms with van der Waals surface area (Å²) in [6.07, 6.45) is 1.69. The first-order valence-electron chi connectivity index (χ1n) is 7.97. The lowest BCUT2D eigenvalue weighted by atomic mass is 10.2. The van der Waals surface area contributed by atoms with Crippen molar-refractivity contribution in [1.82, 2.24) is 10.4 Å². The van der Waals surface area contributed by atoms with Crippen LogP contribution in [0.15, 0.2) is 59.5 Å². The van der Waals surface area contributed by atoms with Gasteiger partial charge in [0.15, 0.2) is 10.9 Å². The van der Waals surface area contributed by atoms with Crippen LogP contribution in [0, 0.1) is 0 Å². The molecular weight excluding hydrogens is 384 g/mol. The van der Waals surface area contributed by atoms with Gasteiger partial charge >= 0.3 is 0 Å². The molecule has 1 saturated heterocycles. The second-order valence-corrected chi connectivity index (χ2v) is 7.07. The van der Waals surface area contributed by atoms with E-state index in [1.165, 1.54) is 0 Å². The highest BCUT2D eigenvalue weighted by molar-refractivity contribution is 8.26. The second kappa shape index (κ2) is 8.70. The molecule has 0 aliphatic carbocycles. The summed E-state index contributed by atoms with van der Waals surface area (Å²) in [7, 11) is 1.56. The molecule has 0 aromatic heterocycles. The smallest absolute Gasteiger partial charge is 0.285 e. The SMILES string of the molecule is COc1ccccc1/C=C1\SC(=S)N(NC(=O)COc2ccccc2)C1=O. The number of nitrogens with zero attached hydrogens (tertiary/aromatic N) is 1. The predicted molar refractivity (Wildman–Crippen MR) is 108 cm³/mol. The van der Waals surface area contributed by atoms with Gasteiger partial charge in [-0.25, -0.2) is 0 Å². The Morgan fingerprint density at radius 2 is 1.89 bits per heavy atom. The normalized spacial score (nSPS) is 15.1. The standard InChI is InChI=1S/C19H16N2O4S2/c1-24-15-10-6-5-7-13(15)11-16-18(23)21(19(26)27-16)20-17(22)12-25-14-8-3-2-4-9-14/h2-11H,12H2,1H3,(H,20,22)/b16-11-. The number of carbonyl (C=O) groups is 2. The number of nitrogens with one attached hydrogen (secondary N) is 1. The van der Waals surface area contributed by atoms with Crippen LogP contribution < -0.4 is 14.9 Å². The van der Waals surface area contributed by atoms with Gasteiger partial charge in [0.05, 0.1) is 12.0 Å². The minimum absolute atomic E-state index is 0.230. The topological polar surface area (TPSA) is 67.9 Å². The van der Waals surface area contributed by atoms with E-state index < -0.39 is 11.8 Å². The summed E-state index contributed by atoms with van der Waals surface area (Å²) in [5.74, 6) is 0.329. The lowest BCUT2D eigenvalue weighted by molar-refractivity contribution is -0.134. The maximum Gasteiger partial charge on any atom is 0.285 e. The summed E-state index contributed by atoms with van der Waals surface area (Å²) in [5.41, 5.74) is 3.23. The quantitative estimate of drug-likeness (QED) is 0.594. The summed E-state index contributed by atoms with van der Waals surface area (Å²) in [5, 5.41) is 1.05. The molecule has 6 nitrogen and oxygen atoms in total. The van der Waals surface area contributed by atoms with E-state index in [-0.39, 0.29) is 10.9 Å². The van der Waals surface area contributed by atoms with Crippen LogP contribution in [0.3, 0.4) is 0 Å². The summed E-state index contributed by atoms with van der Waals surface area (Å²) in [6, 6.07) is 16.3. The van der Waals surface area contributed by atoms with Crippen LogP contribution >= 0.6 is 24.0 Å². The van der Waals surface area contributed by atoms with Crippen molar-refractivity contribution >= 4 is 46.2 Å². The third kappa shape index (κ3) is 4.66. The molecule has 1 N–H and O–H groups in total. The minimum Gasteiger partial charge on any atom is -0.496 e. The predicted octanol–water partition coefficient (Wildman–Crippen LogP) is 3.01. The largest absolute Gasteiger partial charge is 0.496 e. The van der Waals surface area contributed by atoms with Crippen molar-refractivity contribution in [3.05, 3.63) is 65.1 Å². The highest BCUT2D eigenvalue weighted by Crippen LogP contribution is 2.33. The van der Waals surface area contributed by atoms with E-state index in [1.807, 2.05) is 24.3 Å². The Kier molecular flexibility index (Phi) is 6.10. The molecule has 2 aromatic carbocycles. The van der Waals surface area contributed by atoms with Crippen LogP contribution in [0.1, 0.15) is 5.56 Å². The van der Waals surface area contributed by atoms with Gasteiger partial charge in [-0.3, -0.25) is 15.0 Å². The first-order chi connectivity index (χ1) is 13.1. The van der Waals surface area contributed by atoms with Crippen LogP contribution in [0.4, 0.5) is 0 Å². The van der Waals surface area contributed by atoms with E-state index in [0.29, 0.717) is 16.4 Å². The van der Waals surface area contributed by atoms with Gasteiger partial charge in [0.1, 0.15) is 11.5 Å². The number of hydrazine groups is 1. The maximum absolute atomic E-state index is 12.6. The third-order valence-electron chi connectivity index (χ3n) is 3.57. The number of para-hydroxylation sites is 2. The number of hydrogen-bond acceptors (Lipinski definition) is 6. The van der Waals surface area contributed by atoms with Crippen LogP contribution in [-0.2, 0) is 9.59 Å². The van der Waals surface area contributed by atoms with E-state index in [9.17, 15) is 9.59 Å². The zero-order chi connectivity index (χ0) is 19.2. The van der Waals surface area contributed by atoms with E-state index >= 15 is 0 Å². The Morgan fingerprint density at radius 1 is 1.19 bits per heavy atom. The number of hydrogen-bond donors (Lipinski definition) is 1. The molecule has 3 rings (SSSR count). The van der Waals surface area contributed by atoms with Crippen molar-refractivity contribution < 1.29 is 19.1 Å². The molecule has 27 heavy (non-hydrogen) atoms. The lowest BCUT2D eigenvalue weighted by Gasteiger charge is -2.15. The van der Waals surface area contributed by atoms with Crippen LogP contribution in [0.25, 0.3) is 6.08 Å². The van der Waals surface area contributed by atoms with Gasteiger partial charge < -0.3 is 9.47 Å². The van der Waals surface area contributed by atoms with Crippen LogP contribution in [0.5, 0.6) is 11.5 Å². The number of thiocarbonyl (C=S) groups is 1. The number of amides is 2. The fraction of sp³-hybridized carbons (Fsp3) is 0.105. The van der Waals surface area contributed by atoms with E-state index in [4.69, 9.17) is 21.7 Å². The van der Waals surface area contributed by atoms with E-state index in [0.717, 1.165) is 22.3 Å². The number of carbonyl (C=O) groups excluding carboxylic acids is 2. The van der Waals surface area contributed by atoms with Crippen molar-refractivity contribution in [3.8, 4) is 11.5 Å². The number of methoxy groups -OCH3 is 1.